The van der Waals surface area contributed by atoms with Gasteiger partial charge in [0.2, 0.25) is 11.8 Å². The number of amides is 2. The van der Waals surface area contributed by atoms with Gasteiger partial charge in [-0.05, 0) is 56.0 Å². The van der Waals surface area contributed by atoms with Crippen LogP contribution in [0.15, 0.2) is 24.3 Å². The molecule has 37 heavy (non-hydrogen) atoms. The molecular formula is C27H27ClN4O4S. The molecule has 0 radical (unpaired) electrons. The van der Waals surface area contributed by atoms with Crippen molar-refractivity contribution < 1.29 is 19.1 Å². The third-order valence-corrected chi connectivity index (χ3v) is 8.80. The number of halogens is 1. The van der Waals surface area contributed by atoms with Crippen LogP contribution in [0.1, 0.15) is 41.8 Å². The Morgan fingerprint density at radius 3 is 2.76 bits per heavy atom. The van der Waals surface area contributed by atoms with Gasteiger partial charge in [0.1, 0.15) is 0 Å². The second-order valence-electron chi connectivity index (χ2n) is 9.83. The molecule has 2 amide bonds. The summed E-state index contributed by atoms with van der Waals surface area (Å²) in [5.74, 6) is -0.243. The maximum absolute atomic E-state index is 12.2. The van der Waals surface area contributed by atoms with E-state index in [1.165, 1.54) is 10.5 Å². The Balaban J connectivity index is 1.47. The first-order chi connectivity index (χ1) is 17.9. The molecule has 10 heteroatoms. The van der Waals surface area contributed by atoms with Gasteiger partial charge in [-0.2, -0.15) is 0 Å². The first-order valence-electron chi connectivity index (χ1n) is 12.6. The molecule has 0 bridgehead atoms. The topological polar surface area (TPSA) is 91.8 Å². The van der Waals surface area contributed by atoms with Gasteiger partial charge >= 0.3 is 0 Å². The van der Waals surface area contributed by atoms with Crippen LogP contribution in [0.2, 0.25) is 5.02 Å². The zero-order valence-corrected chi connectivity index (χ0v) is 22.0. The van der Waals surface area contributed by atoms with Crippen molar-refractivity contribution in [1.29, 1.82) is 0 Å². The molecule has 3 aliphatic heterocycles. The SMILES string of the molecule is Cc1cc(-c2cc(Cl)cc3c2N([C@H]2CCNC2OC=O)CCC3)c2sc(CN3C(=O)CCC3=O)cc2n1. The van der Waals surface area contributed by atoms with Gasteiger partial charge in [-0.1, -0.05) is 11.6 Å². The van der Waals surface area contributed by atoms with Crippen LogP contribution in [-0.2, 0) is 32.1 Å². The summed E-state index contributed by atoms with van der Waals surface area (Å²) in [5.41, 5.74) is 6.07. The molecule has 1 unspecified atom stereocenters. The van der Waals surface area contributed by atoms with Crippen molar-refractivity contribution in [3.8, 4) is 11.1 Å². The molecule has 3 aliphatic rings. The van der Waals surface area contributed by atoms with Crippen LogP contribution >= 0.6 is 22.9 Å². The van der Waals surface area contributed by atoms with E-state index >= 15 is 0 Å². The van der Waals surface area contributed by atoms with Crippen LogP contribution in [0, 0.1) is 6.92 Å². The Labute approximate surface area is 223 Å². The second-order valence-corrected chi connectivity index (χ2v) is 11.4. The van der Waals surface area contributed by atoms with E-state index in [2.05, 4.69) is 16.3 Å². The van der Waals surface area contributed by atoms with Crippen LogP contribution in [0.25, 0.3) is 21.3 Å². The van der Waals surface area contributed by atoms with Crippen molar-refractivity contribution in [2.24, 2.45) is 0 Å². The molecule has 6 rings (SSSR count). The zero-order valence-electron chi connectivity index (χ0n) is 20.5. The Hall–Kier alpha value is -3.01. The van der Waals surface area contributed by atoms with Gasteiger partial charge < -0.3 is 9.64 Å². The lowest BCUT2D eigenvalue weighted by atomic mass is 9.92. The molecule has 1 N–H and O–H groups in total. The number of ether oxygens (including phenoxy) is 1. The number of pyridine rings is 1. The van der Waals surface area contributed by atoms with E-state index in [1.807, 2.05) is 25.1 Å². The highest BCUT2D eigenvalue weighted by molar-refractivity contribution is 7.19. The Morgan fingerprint density at radius 2 is 1.97 bits per heavy atom. The van der Waals surface area contributed by atoms with E-state index in [4.69, 9.17) is 21.3 Å². The first-order valence-corrected chi connectivity index (χ1v) is 13.8. The van der Waals surface area contributed by atoms with Gasteiger partial charge in [0.05, 0.1) is 22.8 Å². The van der Waals surface area contributed by atoms with Gasteiger partial charge in [0, 0.05) is 58.3 Å². The minimum atomic E-state index is -0.366. The van der Waals surface area contributed by atoms with E-state index in [0.29, 0.717) is 11.5 Å². The quantitative estimate of drug-likeness (QED) is 0.371. The molecule has 2 atom stereocenters. The molecule has 8 nitrogen and oxygen atoms in total. The third kappa shape index (κ3) is 4.39. The molecule has 0 spiro atoms. The number of carbonyl (C=O) groups is 3. The molecule has 2 saturated heterocycles. The number of anilines is 1. The normalized spacial score (nSPS) is 21.7. The van der Waals surface area contributed by atoms with Crippen molar-refractivity contribution in [1.82, 2.24) is 15.2 Å². The predicted molar refractivity (Wildman–Crippen MR) is 143 cm³/mol. The molecule has 1 aromatic carbocycles. The number of nitrogens with one attached hydrogen (secondary N) is 1. The van der Waals surface area contributed by atoms with E-state index < -0.39 is 0 Å². The summed E-state index contributed by atoms with van der Waals surface area (Å²) in [4.78, 5) is 45.0. The molecule has 2 fully saturated rings. The lowest BCUT2D eigenvalue weighted by molar-refractivity contribution is -0.139. The fraction of sp³-hybridized carbons (Fsp3) is 0.407. The zero-order chi connectivity index (χ0) is 25.7. The number of carbonyl (C=O) groups excluding carboxylic acids is 3. The van der Waals surface area contributed by atoms with Crippen LogP contribution in [-0.4, -0.2) is 53.5 Å². The second kappa shape index (κ2) is 9.70. The number of fused-ring (bicyclic) bond motifs is 2. The Morgan fingerprint density at radius 1 is 1.16 bits per heavy atom. The fourth-order valence-corrected chi connectivity index (χ4v) is 7.24. The molecular weight excluding hydrogens is 512 g/mol. The lowest BCUT2D eigenvalue weighted by Crippen LogP contribution is -2.47. The van der Waals surface area contributed by atoms with E-state index in [1.54, 1.807) is 11.3 Å². The molecule has 192 valence electrons. The predicted octanol–water partition coefficient (Wildman–Crippen LogP) is 4.19. The standard InChI is InChI=1S/C27H27ClN4O4S/c1-15-9-20(26-21(30-15)12-18(37-26)13-32-23(34)4-5-24(32)35)19-11-17(28)10-16-3-2-8-31(25(16)19)22-6-7-29-27(22)36-14-33/h9-12,14,22,27,29H,2-8,13H2,1H3/t22-,27?/m0/s1. The van der Waals surface area contributed by atoms with Crippen LogP contribution in [0.5, 0.6) is 0 Å². The summed E-state index contributed by atoms with van der Waals surface area (Å²) in [7, 11) is 0. The van der Waals surface area contributed by atoms with Gasteiger partial charge in [-0.25, -0.2) is 0 Å². The Bertz CT molecular complexity index is 1410. The van der Waals surface area contributed by atoms with Gasteiger partial charge in [0.15, 0.2) is 6.23 Å². The maximum Gasteiger partial charge on any atom is 0.294 e. The molecule has 3 aromatic rings. The minimum Gasteiger partial charge on any atom is -0.447 e. The number of aryl methyl sites for hydroxylation is 2. The van der Waals surface area contributed by atoms with E-state index in [-0.39, 0.29) is 43.5 Å². The highest BCUT2D eigenvalue weighted by Crippen LogP contribution is 2.45. The van der Waals surface area contributed by atoms with Gasteiger partial charge in [-0.15, -0.1) is 11.3 Å². The monoisotopic (exact) mass is 538 g/mol. The number of rotatable bonds is 6. The van der Waals surface area contributed by atoms with Crippen molar-refractivity contribution in [2.45, 2.75) is 57.8 Å². The van der Waals surface area contributed by atoms with Gasteiger partial charge in [0.25, 0.3) is 6.47 Å². The Kier molecular flexibility index (Phi) is 6.38. The largest absolute Gasteiger partial charge is 0.447 e. The van der Waals surface area contributed by atoms with Gasteiger partial charge in [-0.3, -0.25) is 29.6 Å². The van der Waals surface area contributed by atoms with Crippen molar-refractivity contribution in [2.75, 3.05) is 18.0 Å². The number of benzene rings is 1. The average Bonchev–Trinajstić information content (AvgIpc) is 3.58. The number of aromatic nitrogens is 1. The summed E-state index contributed by atoms with van der Waals surface area (Å²) in [6.07, 6.45) is 2.97. The smallest absolute Gasteiger partial charge is 0.294 e. The summed E-state index contributed by atoms with van der Waals surface area (Å²) >= 11 is 8.23. The fourth-order valence-electron chi connectivity index (χ4n) is 5.89. The lowest BCUT2D eigenvalue weighted by Gasteiger charge is -2.39. The number of likely N-dealkylation sites (tertiary alicyclic amines) is 1. The molecule has 2 aromatic heterocycles. The van der Waals surface area contributed by atoms with Crippen molar-refractivity contribution in [3.63, 3.8) is 0 Å². The van der Waals surface area contributed by atoms with E-state index in [0.717, 1.165) is 70.0 Å². The number of imide groups is 1. The van der Waals surface area contributed by atoms with Crippen molar-refractivity contribution in [3.05, 3.63) is 45.4 Å². The molecule has 0 aliphatic carbocycles. The summed E-state index contributed by atoms with van der Waals surface area (Å²) < 4.78 is 6.40. The molecule has 5 heterocycles. The van der Waals surface area contributed by atoms with Crippen LogP contribution < -0.4 is 10.2 Å². The van der Waals surface area contributed by atoms with Crippen LogP contribution in [0.3, 0.4) is 0 Å². The third-order valence-electron chi connectivity index (χ3n) is 7.44. The van der Waals surface area contributed by atoms with Crippen LogP contribution in [0.4, 0.5) is 5.69 Å². The maximum atomic E-state index is 12.2. The number of hydrogen-bond acceptors (Lipinski definition) is 8. The molecule has 0 saturated carbocycles. The summed E-state index contributed by atoms with van der Waals surface area (Å²) in [6.45, 7) is 4.39. The number of thiophene rings is 1. The summed E-state index contributed by atoms with van der Waals surface area (Å²) in [5, 5.41) is 3.98. The van der Waals surface area contributed by atoms with E-state index in [9.17, 15) is 14.4 Å². The average molecular weight is 539 g/mol. The first kappa shape index (κ1) is 24.3. The number of hydrogen-bond donors (Lipinski definition) is 1. The number of nitrogens with zero attached hydrogens (tertiary/aromatic N) is 3. The highest BCUT2D eigenvalue weighted by atomic mass is 35.5. The highest BCUT2D eigenvalue weighted by Gasteiger charge is 2.37. The van der Waals surface area contributed by atoms with Crippen molar-refractivity contribution >= 4 is 57.1 Å². The minimum absolute atomic E-state index is 0.0219. The summed E-state index contributed by atoms with van der Waals surface area (Å²) in [6, 6.07) is 8.14.